The van der Waals surface area contributed by atoms with Gasteiger partial charge in [0, 0.05) is 19.1 Å². The zero-order valence-corrected chi connectivity index (χ0v) is 12.6. The van der Waals surface area contributed by atoms with Crippen LogP contribution in [0.5, 0.6) is 0 Å². The van der Waals surface area contributed by atoms with Gasteiger partial charge >= 0.3 is 5.97 Å². The fourth-order valence-corrected chi connectivity index (χ4v) is 2.81. The van der Waals surface area contributed by atoms with Crippen LogP contribution in [0.2, 0.25) is 0 Å². The molecule has 0 saturated carbocycles. The summed E-state index contributed by atoms with van der Waals surface area (Å²) in [6.45, 7) is 8.82. The molecule has 0 radical (unpaired) electrons. The molecule has 0 spiro atoms. The van der Waals surface area contributed by atoms with Gasteiger partial charge in [-0.3, -0.25) is 9.69 Å². The maximum Gasteiger partial charge on any atom is 0.322 e. The molecule has 0 aromatic heterocycles. The Bertz CT molecular complexity index is 273. The van der Waals surface area contributed by atoms with Crippen LogP contribution < -0.4 is 5.32 Å². The van der Waals surface area contributed by atoms with Gasteiger partial charge in [-0.25, -0.2) is 0 Å². The second-order valence-corrected chi connectivity index (χ2v) is 5.49. The van der Waals surface area contributed by atoms with Gasteiger partial charge in [-0.1, -0.05) is 13.8 Å². The first-order valence-corrected chi connectivity index (χ1v) is 7.47. The van der Waals surface area contributed by atoms with Crippen LogP contribution in [0, 0.1) is 0 Å². The highest BCUT2D eigenvalue weighted by molar-refractivity contribution is 5.73. The van der Waals surface area contributed by atoms with Crippen LogP contribution in [-0.2, 0) is 4.79 Å². The van der Waals surface area contributed by atoms with Gasteiger partial charge in [0.2, 0.25) is 0 Å². The lowest BCUT2D eigenvalue weighted by Crippen LogP contribution is -2.48. The highest BCUT2D eigenvalue weighted by atomic mass is 16.4. The molecule has 0 aromatic rings. The van der Waals surface area contributed by atoms with Crippen molar-refractivity contribution < 1.29 is 9.90 Å². The summed E-state index contributed by atoms with van der Waals surface area (Å²) in [4.78, 5) is 15.8. The number of carboxylic acid groups (broad SMARTS) is 1. The predicted octanol–water partition coefficient (Wildman–Crippen LogP) is 0.855. The maximum absolute atomic E-state index is 11.2. The minimum Gasteiger partial charge on any atom is -0.480 e. The Kier molecular flexibility index (Phi) is 7.34. The summed E-state index contributed by atoms with van der Waals surface area (Å²) in [6, 6.07) is 0.136. The van der Waals surface area contributed by atoms with Crippen molar-refractivity contribution >= 4 is 5.97 Å². The number of hydrogen-bond donors (Lipinski definition) is 2. The highest BCUT2D eigenvalue weighted by Gasteiger charge is 2.26. The van der Waals surface area contributed by atoms with Crippen LogP contribution in [-0.4, -0.2) is 72.7 Å². The van der Waals surface area contributed by atoms with Crippen LogP contribution in [0.15, 0.2) is 0 Å². The Labute approximate surface area is 117 Å². The molecule has 0 aromatic carbocycles. The maximum atomic E-state index is 11.2. The summed E-state index contributed by atoms with van der Waals surface area (Å²) >= 11 is 0. The minimum absolute atomic E-state index is 0.457. The summed E-state index contributed by atoms with van der Waals surface area (Å²) in [7, 11) is 2.02. The van der Waals surface area contributed by atoms with E-state index in [-0.39, 0.29) is 0 Å². The monoisotopic (exact) mass is 271 g/mol. The lowest BCUT2D eigenvalue weighted by atomic mass is 10.2. The number of aliphatic carboxylic acids is 1. The SMILES string of the molecule is CCCNC(CN(C)CC1CCCN1CC)C(=O)O. The van der Waals surface area contributed by atoms with Crippen molar-refractivity contribution in [3.05, 3.63) is 0 Å². The molecular formula is C14H29N3O2. The molecule has 1 saturated heterocycles. The number of likely N-dealkylation sites (N-methyl/N-ethyl adjacent to an activating group) is 2. The van der Waals surface area contributed by atoms with E-state index in [4.69, 9.17) is 0 Å². The summed E-state index contributed by atoms with van der Waals surface area (Å²) in [5.41, 5.74) is 0. The van der Waals surface area contributed by atoms with Crippen molar-refractivity contribution in [2.24, 2.45) is 0 Å². The van der Waals surface area contributed by atoms with E-state index in [0.717, 1.165) is 26.1 Å². The number of nitrogens with one attached hydrogen (secondary N) is 1. The average Bonchev–Trinajstić information content (AvgIpc) is 2.81. The van der Waals surface area contributed by atoms with Crippen molar-refractivity contribution in [3.8, 4) is 0 Å². The predicted molar refractivity (Wildman–Crippen MR) is 77.5 cm³/mol. The van der Waals surface area contributed by atoms with Gasteiger partial charge in [0.05, 0.1) is 0 Å². The third kappa shape index (κ3) is 5.47. The van der Waals surface area contributed by atoms with Crippen molar-refractivity contribution in [3.63, 3.8) is 0 Å². The number of nitrogens with zero attached hydrogens (tertiary/aromatic N) is 2. The molecule has 0 aliphatic carbocycles. The first-order chi connectivity index (χ1) is 9.08. The standard InChI is InChI=1S/C14H29N3O2/c1-4-8-15-13(14(18)19)11-16(3)10-12-7-6-9-17(12)5-2/h12-13,15H,4-11H2,1-3H3,(H,18,19). The summed E-state index contributed by atoms with van der Waals surface area (Å²) in [5.74, 6) is -0.751. The van der Waals surface area contributed by atoms with Gasteiger partial charge in [-0.15, -0.1) is 0 Å². The summed E-state index contributed by atoms with van der Waals surface area (Å²) < 4.78 is 0. The van der Waals surface area contributed by atoms with Gasteiger partial charge in [-0.05, 0) is 45.9 Å². The Balaban J connectivity index is 2.39. The minimum atomic E-state index is -0.751. The first kappa shape index (κ1) is 16.4. The zero-order valence-electron chi connectivity index (χ0n) is 12.6. The van der Waals surface area contributed by atoms with Gasteiger partial charge in [0.1, 0.15) is 6.04 Å². The van der Waals surface area contributed by atoms with E-state index in [1.807, 2.05) is 14.0 Å². The molecule has 0 amide bonds. The number of carboxylic acids is 1. The number of likely N-dealkylation sites (tertiary alicyclic amines) is 1. The smallest absolute Gasteiger partial charge is 0.322 e. The van der Waals surface area contributed by atoms with E-state index in [1.54, 1.807) is 0 Å². The number of hydrogen-bond acceptors (Lipinski definition) is 4. The third-order valence-electron chi connectivity index (χ3n) is 3.86. The van der Waals surface area contributed by atoms with Gasteiger partial charge in [-0.2, -0.15) is 0 Å². The topological polar surface area (TPSA) is 55.8 Å². The Hall–Kier alpha value is -0.650. The molecule has 1 aliphatic rings. The van der Waals surface area contributed by atoms with Crippen molar-refractivity contribution in [2.45, 2.75) is 45.2 Å². The van der Waals surface area contributed by atoms with E-state index in [0.29, 0.717) is 12.6 Å². The molecule has 2 unspecified atom stereocenters. The van der Waals surface area contributed by atoms with E-state index in [9.17, 15) is 9.90 Å². The van der Waals surface area contributed by atoms with E-state index >= 15 is 0 Å². The van der Waals surface area contributed by atoms with E-state index < -0.39 is 12.0 Å². The second-order valence-electron chi connectivity index (χ2n) is 5.49. The molecule has 2 N–H and O–H groups in total. The van der Waals surface area contributed by atoms with Crippen LogP contribution >= 0.6 is 0 Å². The van der Waals surface area contributed by atoms with Crippen molar-refractivity contribution in [1.29, 1.82) is 0 Å². The quantitative estimate of drug-likeness (QED) is 0.651. The molecule has 19 heavy (non-hydrogen) atoms. The Morgan fingerprint density at radius 3 is 2.84 bits per heavy atom. The summed E-state index contributed by atoms with van der Waals surface area (Å²) in [6.07, 6.45) is 3.46. The van der Waals surface area contributed by atoms with E-state index in [1.165, 1.54) is 19.4 Å². The fourth-order valence-electron chi connectivity index (χ4n) is 2.81. The van der Waals surface area contributed by atoms with Gasteiger partial charge < -0.3 is 15.3 Å². The second kappa shape index (κ2) is 8.51. The first-order valence-electron chi connectivity index (χ1n) is 7.47. The molecule has 1 rings (SSSR count). The lowest BCUT2D eigenvalue weighted by molar-refractivity contribution is -0.140. The van der Waals surface area contributed by atoms with Crippen LogP contribution in [0.25, 0.3) is 0 Å². The van der Waals surface area contributed by atoms with Crippen LogP contribution in [0.1, 0.15) is 33.1 Å². The van der Waals surface area contributed by atoms with Gasteiger partial charge in [0.25, 0.3) is 0 Å². The van der Waals surface area contributed by atoms with Crippen LogP contribution in [0.3, 0.4) is 0 Å². The largest absolute Gasteiger partial charge is 0.480 e. The Morgan fingerprint density at radius 2 is 2.26 bits per heavy atom. The van der Waals surface area contributed by atoms with Crippen molar-refractivity contribution in [2.75, 3.05) is 39.8 Å². The molecular weight excluding hydrogens is 242 g/mol. The molecule has 5 heteroatoms. The molecule has 1 aliphatic heterocycles. The molecule has 1 fully saturated rings. The molecule has 0 bridgehead atoms. The molecule has 112 valence electrons. The lowest BCUT2D eigenvalue weighted by Gasteiger charge is -2.29. The molecule has 5 nitrogen and oxygen atoms in total. The average molecular weight is 271 g/mol. The Morgan fingerprint density at radius 1 is 1.53 bits per heavy atom. The van der Waals surface area contributed by atoms with E-state index in [2.05, 4.69) is 22.0 Å². The normalized spacial score (nSPS) is 22.0. The van der Waals surface area contributed by atoms with Crippen LogP contribution in [0.4, 0.5) is 0 Å². The molecule has 2 atom stereocenters. The zero-order chi connectivity index (χ0) is 14.3. The third-order valence-corrected chi connectivity index (χ3v) is 3.86. The van der Waals surface area contributed by atoms with Gasteiger partial charge in [0.15, 0.2) is 0 Å². The highest BCUT2D eigenvalue weighted by Crippen LogP contribution is 2.17. The fraction of sp³-hybridized carbons (Fsp3) is 0.929. The number of rotatable bonds is 9. The van der Waals surface area contributed by atoms with Crippen molar-refractivity contribution in [1.82, 2.24) is 15.1 Å². The number of carbonyl (C=O) groups is 1. The molecule has 1 heterocycles. The summed E-state index contributed by atoms with van der Waals surface area (Å²) in [5, 5.41) is 12.3.